The molecule has 0 saturated heterocycles. The number of carbonyl (C=O) groups is 2. The number of carbonyl (C=O) groups excluding carboxylic acids is 2. The number of ketones is 1. The van der Waals surface area contributed by atoms with Crippen molar-refractivity contribution in [2.24, 2.45) is 5.41 Å². The van der Waals surface area contributed by atoms with Crippen LogP contribution in [0.1, 0.15) is 44.6 Å². The highest BCUT2D eigenvalue weighted by molar-refractivity contribution is 6.37. The number of anilines is 1. The van der Waals surface area contributed by atoms with Gasteiger partial charge in [-0.1, -0.05) is 43.1 Å². The zero-order valence-corrected chi connectivity index (χ0v) is 18.7. The van der Waals surface area contributed by atoms with Crippen LogP contribution in [0.2, 0.25) is 10.0 Å². The van der Waals surface area contributed by atoms with E-state index in [-0.39, 0.29) is 36.2 Å². The van der Waals surface area contributed by atoms with Gasteiger partial charge in [-0.15, -0.1) is 0 Å². The van der Waals surface area contributed by atoms with Gasteiger partial charge in [-0.3, -0.25) is 14.5 Å². The maximum atomic E-state index is 13.5. The second-order valence-corrected chi connectivity index (χ2v) is 9.84. The fraction of sp³-hybridized carbons (Fsp3) is 0.333. The SMILES string of the molecule is CC1(C)CC(=O)C2=C(C1)N(c1ccc(Cl)cc1Cl)C(=O)CC2c1ccc2c(c1)OCO2. The molecule has 1 unspecified atom stereocenters. The minimum absolute atomic E-state index is 0.0662. The summed E-state index contributed by atoms with van der Waals surface area (Å²) >= 11 is 12.5. The predicted molar refractivity (Wildman–Crippen MR) is 119 cm³/mol. The van der Waals surface area contributed by atoms with Gasteiger partial charge in [-0.05, 0) is 47.7 Å². The number of rotatable bonds is 2. The molecule has 2 heterocycles. The molecule has 0 saturated carbocycles. The van der Waals surface area contributed by atoms with Crippen LogP contribution < -0.4 is 14.4 Å². The van der Waals surface area contributed by atoms with Crippen molar-refractivity contribution < 1.29 is 19.1 Å². The molecule has 3 aliphatic rings. The molecule has 5 rings (SSSR count). The number of halogens is 2. The second-order valence-electron chi connectivity index (χ2n) is 9.00. The summed E-state index contributed by atoms with van der Waals surface area (Å²) in [7, 11) is 0. The third-order valence-electron chi connectivity index (χ3n) is 6.09. The Kier molecular flexibility index (Phi) is 4.79. The summed E-state index contributed by atoms with van der Waals surface area (Å²) in [5.74, 6) is 0.945. The standard InChI is InChI=1S/C24H21Cl2NO4/c1-24(2)10-18-23(19(28)11-24)15(13-3-6-20-21(7-13)31-12-30-20)9-22(29)27(18)17-5-4-14(25)8-16(17)26/h3-8,15H,9-12H2,1-2H3. The van der Waals surface area contributed by atoms with Crippen molar-refractivity contribution in [1.29, 1.82) is 0 Å². The van der Waals surface area contributed by atoms with Gasteiger partial charge in [0.05, 0.1) is 10.7 Å². The molecule has 0 fully saturated rings. The first-order valence-electron chi connectivity index (χ1n) is 10.2. The topological polar surface area (TPSA) is 55.8 Å². The molecule has 2 aromatic rings. The van der Waals surface area contributed by atoms with Crippen molar-refractivity contribution in [1.82, 2.24) is 0 Å². The van der Waals surface area contributed by atoms with Gasteiger partial charge >= 0.3 is 0 Å². The monoisotopic (exact) mass is 457 g/mol. The van der Waals surface area contributed by atoms with Crippen LogP contribution in [0.5, 0.6) is 11.5 Å². The highest BCUT2D eigenvalue weighted by Gasteiger charge is 2.45. The van der Waals surface area contributed by atoms with E-state index < -0.39 is 0 Å². The first kappa shape index (κ1) is 20.4. The number of benzene rings is 2. The maximum absolute atomic E-state index is 13.5. The van der Waals surface area contributed by atoms with E-state index in [1.807, 2.05) is 32.0 Å². The lowest BCUT2D eigenvalue weighted by molar-refractivity contribution is -0.121. The van der Waals surface area contributed by atoms with Crippen molar-refractivity contribution in [3.63, 3.8) is 0 Å². The highest BCUT2D eigenvalue weighted by Crippen LogP contribution is 2.50. The van der Waals surface area contributed by atoms with E-state index in [0.717, 1.165) is 11.3 Å². The number of hydrogen-bond acceptors (Lipinski definition) is 4. The van der Waals surface area contributed by atoms with Gasteiger partial charge in [0.25, 0.3) is 0 Å². The highest BCUT2D eigenvalue weighted by atomic mass is 35.5. The van der Waals surface area contributed by atoms with E-state index in [4.69, 9.17) is 32.7 Å². The molecule has 31 heavy (non-hydrogen) atoms. The predicted octanol–water partition coefficient (Wildman–Crippen LogP) is 5.89. The summed E-state index contributed by atoms with van der Waals surface area (Å²) in [6.07, 6.45) is 1.20. The minimum Gasteiger partial charge on any atom is -0.454 e. The molecule has 0 spiro atoms. The number of allylic oxidation sites excluding steroid dienone is 2. The zero-order chi connectivity index (χ0) is 21.9. The van der Waals surface area contributed by atoms with Gasteiger partial charge in [-0.2, -0.15) is 0 Å². The molecule has 0 N–H and O–H groups in total. The van der Waals surface area contributed by atoms with Crippen molar-refractivity contribution in [3.8, 4) is 11.5 Å². The summed E-state index contributed by atoms with van der Waals surface area (Å²) in [6, 6.07) is 10.7. The molecule has 0 radical (unpaired) electrons. The van der Waals surface area contributed by atoms with Crippen LogP contribution in [0.3, 0.4) is 0 Å². The van der Waals surface area contributed by atoms with Gasteiger partial charge in [0.2, 0.25) is 12.7 Å². The number of amides is 1. The molecule has 2 aliphatic heterocycles. The molecule has 1 amide bonds. The third-order valence-corrected chi connectivity index (χ3v) is 6.63. The Balaban J connectivity index is 1.68. The van der Waals surface area contributed by atoms with Gasteiger partial charge in [0.1, 0.15) is 0 Å². The molecule has 2 aromatic carbocycles. The van der Waals surface area contributed by atoms with Crippen LogP contribution in [0.25, 0.3) is 0 Å². The lowest BCUT2D eigenvalue weighted by atomic mass is 9.69. The Morgan fingerprint density at radius 1 is 1.00 bits per heavy atom. The van der Waals surface area contributed by atoms with E-state index in [1.54, 1.807) is 23.1 Å². The first-order valence-corrected chi connectivity index (χ1v) is 10.9. The lowest BCUT2D eigenvalue weighted by Gasteiger charge is -2.43. The van der Waals surface area contributed by atoms with Crippen molar-refractivity contribution in [3.05, 3.63) is 63.3 Å². The van der Waals surface area contributed by atoms with Crippen LogP contribution in [0, 0.1) is 5.41 Å². The van der Waals surface area contributed by atoms with Gasteiger partial charge in [0, 0.05) is 35.1 Å². The van der Waals surface area contributed by atoms with Gasteiger partial charge in [-0.25, -0.2) is 0 Å². The number of hydrogen-bond donors (Lipinski definition) is 0. The molecule has 5 nitrogen and oxygen atoms in total. The maximum Gasteiger partial charge on any atom is 0.232 e. The second kappa shape index (κ2) is 7.28. The molecular weight excluding hydrogens is 437 g/mol. The molecule has 160 valence electrons. The van der Waals surface area contributed by atoms with Crippen molar-refractivity contribution in [2.45, 2.75) is 39.0 Å². The molecule has 1 atom stereocenters. The molecule has 0 aromatic heterocycles. The van der Waals surface area contributed by atoms with E-state index in [0.29, 0.717) is 45.6 Å². The Morgan fingerprint density at radius 2 is 1.77 bits per heavy atom. The number of fused-ring (bicyclic) bond motifs is 1. The molecule has 7 heteroatoms. The van der Waals surface area contributed by atoms with E-state index in [9.17, 15) is 9.59 Å². The fourth-order valence-corrected chi connectivity index (χ4v) is 5.27. The molecule has 0 bridgehead atoms. The van der Waals surface area contributed by atoms with Gasteiger partial charge in [0.15, 0.2) is 17.3 Å². The Labute approximate surface area is 190 Å². The average Bonchev–Trinajstić information content (AvgIpc) is 3.15. The van der Waals surface area contributed by atoms with Gasteiger partial charge < -0.3 is 9.47 Å². The Morgan fingerprint density at radius 3 is 2.55 bits per heavy atom. The smallest absolute Gasteiger partial charge is 0.232 e. The van der Waals surface area contributed by atoms with Crippen molar-refractivity contribution in [2.75, 3.05) is 11.7 Å². The van der Waals surface area contributed by atoms with E-state index in [2.05, 4.69) is 0 Å². The first-order chi connectivity index (χ1) is 14.7. The number of ether oxygens (including phenoxy) is 2. The van der Waals surface area contributed by atoms with Crippen LogP contribution in [0.4, 0.5) is 5.69 Å². The average molecular weight is 458 g/mol. The van der Waals surface area contributed by atoms with Crippen LogP contribution >= 0.6 is 23.2 Å². The summed E-state index contributed by atoms with van der Waals surface area (Å²) in [6.45, 7) is 4.27. The van der Waals surface area contributed by atoms with Crippen LogP contribution in [-0.2, 0) is 9.59 Å². The summed E-state index contributed by atoms with van der Waals surface area (Å²) < 4.78 is 10.9. The largest absolute Gasteiger partial charge is 0.454 e. The Hall–Kier alpha value is -2.50. The lowest BCUT2D eigenvalue weighted by Crippen LogP contribution is -2.43. The van der Waals surface area contributed by atoms with Crippen LogP contribution in [-0.4, -0.2) is 18.5 Å². The van der Waals surface area contributed by atoms with Crippen LogP contribution in [0.15, 0.2) is 47.7 Å². The summed E-state index contributed by atoms with van der Waals surface area (Å²) in [4.78, 5) is 28.5. The minimum atomic E-state index is -0.331. The summed E-state index contributed by atoms with van der Waals surface area (Å²) in [5.41, 5.74) is 2.58. The molecular formula is C24H21Cl2NO4. The van der Waals surface area contributed by atoms with E-state index >= 15 is 0 Å². The quantitative estimate of drug-likeness (QED) is 0.564. The van der Waals surface area contributed by atoms with Crippen molar-refractivity contribution >= 4 is 40.6 Å². The zero-order valence-electron chi connectivity index (χ0n) is 17.2. The number of nitrogens with zero attached hydrogens (tertiary/aromatic N) is 1. The summed E-state index contributed by atoms with van der Waals surface area (Å²) in [5, 5.41) is 0.871. The normalized spacial score (nSPS) is 22.1. The fourth-order valence-electron chi connectivity index (χ4n) is 4.77. The van der Waals surface area contributed by atoms with E-state index in [1.165, 1.54) is 0 Å². The third kappa shape index (κ3) is 3.50. The Bertz CT molecular complexity index is 1150. The molecule has 1 aliphatic carbocycles. The number of Topliss-reactive ketones (excluding diaryl/α,β-unsaturated/α-hetero) is 1.